The molecule has 0 atom stereocenters. The number of rotatable bonds is 7. The van der Waals surface area contributed by atoms with E-state index in [0.29, 0.717) is 6.04 Å². The minimum absolute atomic E-state index is 0.186. The maximum absolute atomic E-state index is 12.9. The lowest BCUT2D eigenvalue weighted by Gasteiger charge is -2.18. The Morgan fingerprint density at radius 1 is 1.26 bits per heavy atom. The van der Waals surface area contributed by atoms with Crippen molar-refractivity contribution in [2.75, 3.05) is 26.7 Å². The van der Waals surface area contributed by atoms with Gasteiger partial charge in [-0.25, -0.2) is 4.39 Å². The van der Waals surface area contributed by atoms with Crippen LogP contribution in [0.3, 0.4) is 0 Å². The van der Waals surface area contributed by atoms with Gasteiger partial charge in [-0.1, -0.05) is 25.0 Å². The lowest BCUT2D eigenvalue weighted by atomic mass is 10.2. The molecule has 0 radical (unpaired) electrons. The zero-order valence-corrected chi connectivity index (χ0v) is 14.3. The molecular weight excluding hydrogens is 291 g/mol. The smallest absolute Gasteiger partial charge is 0.191 e. The Morgan fingerprint density at radius 3 is 2.61 bits per heavy atom. The summed E-state index contributed by atoms with van der Waals surface area (Å²) < 4.78 is 12.9. The second-order valence-corrected chi connectivity index (χ2v) is 6.25. The highest BCUT2D eigenvalue weighted by Crippen LogP contribution is 2.17. The van der Waals surface area contributed by atoms with Crippen LogP contribution in [0, 0.1) is 5.82 Å². The molecule has 0 unspecified atom stereocenters. The van der Waals surface area contributed by atoms with Gasteiger partial charge in [0.25, 0.3) is 0 Å². The summed E-state index contributed by atoms with van der Waals surface area (Å²) in [6, 6.07) is 7.26. The Kier molecular flexibility index (Phi) is 7.33. The fourth-order valence-corrected chi connectivity index (χ4v) is 2.90. The molecule has 0 bridgehead atoms. The third-order valence-corrected chi connectivity index (χ3v) is 4.16. The minimum atomic E-state index is -0.186. The SMILES string of the molecule is CCNC(=NCCN(C)Cc1ccc(F)cc1)NC1CCCC1. The quantitative estimate of drug-likeness (QED) is 0.599. The van der Waals surface area contributed by atoms with Crippen LogP contribution in [0.2, 0.25) is 0 Å². The van der Waals surface area contributed by atoms with Gasteiger partial charge in [0.1, 0.15) is 5.82 Å². The highest BCUT2D eigenvalue weighted by molar-refractivity contribution is 5.80. The molecule has 1 saturated carbocycles. The molecule has 128 valence electrons. The number of aliphatic imine (C=N–C) groups is 1. The first-order valence-electron chi connectivity index (χ1n) is 8.65. The van der Waals surface area contributed by atoms with Gasteiger partial charge < -0.3 is 15.5 Å². The van der Waals surface area contributed by atoms with Gasteiger partial charge in [-0.3, -0.25) is 4.99 Å². The van der Waals surface area contributed by atoms with Crippen LogP contribution < -0.4 is 10.6 Å². The lowest BCUT2D eigenvalue weighted by molar-refractivity contribution is 0.336. The van der Waals surface area contributed by atoms with Crippen molar-refractivity contribution in [3.8, 4) is 0 Å². The van der Waals surface area contributed by atoms with E-state index in [9.17, 15) is 4.39 Å². The van der Waals surface area contributed by atoms with Crippen LogP contribution in [0.1, 0.15) is 38.2 Å². The van der Waals surface area contributed by atoms with Gasteiger partial charge in [-0.05, 0) is 44.5 Å². The summed E-state index contributed by atoms with van der Waals surface area (Å²) >= 11 is 0. The molecule has 1 aliphatic rings. The predicted molar refractivity (Wildman–Crippen MR) is 94.1 cm³/mol. The molecule has 2 rings (SSSR count). The molecule has 0 aromatic heterocycles. The van der Waals surface area contributed by atoms with Gasteiger partial charge in [0, 0.05) is 25.7 Å². The predicted octanol–water partition coefficient (Wildman–Crippen LogP) is 2.76. The van der Waals surface area contributed by atoms with E-state index in [1.807, 2.05) is 12.1 Å². The fourth-order valence-electron chi connectivity index (χ4n) is 2.90. The molecule has 0 amide bonds. The van der Waals surface area contributed by atoms with Crippen molar-refractivity contribution in [2.24, 2.45) is 4.99 Å². The highest BCUT2D eigenvalue weighted by Gasteiger charge is 2.15. The van der Waals surface area contributed by atoms with Gasteiger partial charge in [-0.2, -0.15) is 0 Å². The third kappa shape index (κ3) is 6.57. The number of benzene rings is 1. The molecule has 5 heteroatoms. The van der Waals surface area contributed by atoms with Crippen LogP contribution in [-0.2, 0) is 6.54 Å². The molecule has 1 aromatic carbocycles. The van der Waals surface area contributed by atoms with E-state index in [2.05, 4.69) is 34.5 Å². The first-order valence-corrected chi connectivity index (χ1v) is 8.65. The zero-order valence-electron chi connectivity index (χ0n) is 14.3. The van der Waals surface area contributed by atoms with Crippen molar-refractivity contribution >= 4 is 5.96 Å². The van der Waals surface area contributed by atoms with E-state index >= 15 is 0 Å². The van der Waals surface area contributed by atoms with E-state index < -0.39 is 0 Å². The first kappa shape index (κ1) is 17.7. The second kappa shape index (κ2) is 9.50. The minimum Gasteiger partial charge on any atom is -0.357 e. The number of nitrogens with one attached hydrogen (secondary N) is 2. The topological polar surface area (TPSA) is 39.7 Å². The average Bonchev–Trinajstić information content (AvgIpc) is 3.03. The standard InChI is InChI=1S/C18H29FN4/c1-3-20-18(22-17-6-4-5-7-17)21-12-13-23(2)14-15-8-10-16(19)11-9-15/h8-11,17H,3-7,12-14H2,1-2H3,(H2,20,21,22). The third-order valence-electron chi connectivity index (χ3n) is 4.16. The van der Waals surface area contributed by atoms with E-state index in [-0.39, 0.29) is 5.82 Å². The number of nitrogens with zero attached hydrogens (tertiary/aromatic N) is 2. The monoisotopic (exact) mass is 320 g/mol. The zero-order chi connectivity index (χ0) is 16.5. The first-order chi connectivity index (χ1) is 11.2. The fraction of sp³-hybridized carbons (Fsp3) is 0.611. The number of guanidine groups is 1. The average molecular weight is 320 g/mol. The van der Waals surface area contributed by atoms with E-state index in [0.717, 1.165) is 37.7 Å². The molecule has 2 N–H and O–H groups in total. The van der Waals surface area contributed by atoms with Crippen LogP contribution in [0.15, 0.2) is 29.3 Å². The number of hydrogen-bond acceptors (Lipinski definition) is 2. The molecule has 1 aliphatic carbocycles. The summed E-state index contributed by atoms with van der Waals surface area (Å²) in [6.07, 6.45) is 5.12. The summed E-state index contributed by atoms with van der Waals surface area (Å²) in [4.78, 5) is 6.87. The molecule has 0 saturated heterocycles. The summed E-state index contributed by atoms with van der Waals surface area (Å²) in [5.74, 6) is 0.740. The van der Waals surface area contributed by atoms with Crippen molar-refractivity contribution in [2.45, 2.75) is 45.2 Å². The molecule has 4 nitrogen and oxygen atoms in total. The largest absolute Gasteiger partial charge is 0.357 e. The molecule has 0 aliphatic heterocycles. The Morgan fingerprint density at radius 2 is 1.96 bits per heavy atom. The van der Waals surface area contributed by atoms with E-state index in [1.165, 1.54) is 37.8 Å². The van der Waals surface area contributed by atoms with Gasteiger partial charge >= 0.3 is 0 Å². The van der Waals surface area contributed by atoms with Gasteiger partial charge in [0.05, 0.1) is 6.54 Å². The number of likely N-dealkylation sites (N-methyl/N-ethyl adjacent to an activating group) is 1. The van der Waals surface area contributed by atoms with Crippen molar-refractivity contribution < 1.29 is 4.39 Å². The molecule has 23 heavy (non-hydrogen) atoms. The second-order valence-electron chi connectivity index (χ2n) is 6.25. The lowest BCUT2D eigenvalue weighted by Crippen LogP contribution is -2.42. The highest BCUT2D eigenvalue weighted by atomic mass is 19.1. The number of hydrogen-bond donors (Lipinski definition) is 2. The molecular formula is C18H29FN4. The Labute approximate surface area is 139 Å². The molecule has 0 spiro atoms. The molecule has 1 aromatic rings. The van der Waals surface area contributed by atoms with Crippen LogP contribution in [0.25, 0.3) is 0 Å². The summed E-state index contributed by atoms with van der Waals surface area (Å²) in [6.45, 7) is 5.40. The van der Waals surface area contributed by atoms with E-state index in [1.54, 1.807) is 0 Å². The van der Waals surface area contributed by atoms with Gasteiger partial charge in [-0.15, -0.1) is 0 Å². The Hall–Kier alpha value is -1.62. The van der Waals surface area contributed by atoms with Crippen LogP contribution in [0.5, 0.6) is 0 Å². The maximum Gasteiger partial charge on any atom is 0.191 e. The van der Waals surface area contributed by atoms with E-state index in [4.69, 9.17) is 0 Å². The van der Waals surface area contributed by atoms with Crippen LogP contribution in [-0.4, -0.2) is 43.6 Å². The summed E-state index contributed by atoms with van der Waals surface area (Å²) in [7, 11) is 2.07. The van der Waals surface area contributed by atoms with Crippen molar-refractivity contribution in [3.05, 3.63) is 35.6 Å². The normalized spacial score (nSPS) is 16.1. The maximum atomic E-state index is 12.9. The van der Waals surface area contributed by atoms with Crippen LogP contribution >= 0.6 is 0 Å². The summed E-state index contributed by atoms with van der Waals surface area (Å²) in [5.41, 5.74) is 1.12. The molecule has 1 fully saturated rings. The number of halogens is 1. The van der Waals surface area contributed by atoms with Crippen molar-refractivity contribution in [1.82, 2.24) is 15.5 Å². The van der Waals surface area contributed by atoms with Gasteiger partial charge in [0.15, 0.2) is 5.96 Å². The summed E-state index contributed by atoms with van der Waals surface area (Å²) in [5, 5.41) is 6.84. The van der Waals surface area contributed by atoms with Gasteiger partial charge in [0.2, 0.25) is 0 Å². The Balaban J connectivity index is 1.75. The van der Waals surface area contributed by atoms with Crippen molar-refractivity contribution in [3.63, 3.8) is 0 Å². The van der Waals surface area contributed by atoms with Crippen molar-refractivity contribution in [1.29, 1.82) is 0 Å². The molecule has 0 heterocycles. The Bertz CT molecular complexity index is 480. The van der Waals surface area contributed by atoms with Crippen LogP contribution in [0.4, 0.5) is 4.39 Å².